The summed E-state index contributed by atoms with van der Waals surface area (Å²) in [5.41, 5.74) is -1.87. The molecule has 2 radical (unpaired) electrons. The first kappa shape index (κ1) is 22.3. The highest BCUT2D eigenvalue weighted by Gasteiger charge is 2.47. The molecule has 158 valence electrons. The van der Waals surface area contributed by atoms with E-state index >= 15 is 0 Å². The van der Waals surface area contributed by atoms with Gasteiger partial charge in [0.2, 0.25) is 0 Å². The van der Waals surface area contributed by atoms with Crippen LogP contribution >= 0.6 is 0 Å². The van der Waals surface area contributed by atoms with Gasteiger partial charge in [0.1, 0.15) is 30.7 Å². The van der Waals surface area contributed by atoms with Crippen LogP contribution in [0.3, 0.4) is 0 Å². The van der Waals surface area contributed by atoms with E-state index in [9.17, 15) is 18.7 Å². The molecule has 1 aliphatic rings. The molecule has 0 unspecified atom stereocenters. The van der Waals surface area contributed by atoms with Gasteiger partial charge in [0.25, 0.3) is 0 Å². The minimum Gasteiger partial charge on any atom is -0.444 e. The molecule has 0 saturated carbocycles. The van der Waals surface area contributed by atoms with Gasteiger partial charge >= 0.3 is 6.09 Å². The fraction of sp³-hybridized carbons (Fsp3) is 0.435. The topological polar surface area (TPSA) is 49.8 Å². The smallest absolute Gasteiger partial charge is 0.410 e. The molecule has 3 rings (SSSR count). The van der Waals surface area contributed by atoms with E-state index in [0.717, 1.165) is 12.1 Å². The van der Waals surface area contributed by atoms with Crippen molar-refractivity contribution in [2.75, 3.05) is 6.54 Å². The quantitative estimate of drug-likeness (QED) is 0.780. The number of aliphatic hydroxyl groups is 1. The number of benzene rings is 2. The first-order valence-corrected chi connectivity index (χ1v) is 10.0. The standard InChI is InChI=1S/C23H26BF2NO3/c1-22(2,3)30-21(28)27-11-7-10-20(27)23(29,15-8-5-4-6-9-15)14-17-18(24)12-16(25)13-19(17)26/h4-6,8-9,12-13,20,29H,7,10-11,14H2,1-3H3/t20-,23-/m0/s1. The maximum absolute atomic E-state index is 14.6. The second kappa shape index (κ2) is 8.38. The highest BCUT2D eigenvalue weighted by atomic mass is 19.1. The van der Waals surface area contributed by atoms with Crippen LogP contribution in [0, 0.1) is 11.6 Å². The van der Waals surface area contributed by atoms with E-state index in [1.165, 1.54) is 4.90 Å². The zero-order valence-corrected chi connectivity index (χ0v) is 17.5. The number of hydrogen-bond acceptors (Lipinski definition) is 3. The predicted molar refractivity (Wildman–Crippen MR) is 112 cm³/mol. The summed E-state index contributed by atoms with van der Waals surface area (Å²) in [5.74, 6) is -1.61. The third kappa shape index (κ3) is 4.67. The van der Waals surface area contributed by atoms with Gasteiger partial charge in [0.05, 0.1) is 6.04 Å². The van der Waals surface area contributed by atoms with Gasteiger partial charge in [-0.1, -0.05) is 35.8 Å². The SMILES string of the molecule is [B]c1cc(F)cc(F)c1C[C@](O)(c1ccccc1)[C@@H]1CCCN1C(=O)OC(C)(C)C. The minimum atomic E-state index is -1.64. The maximum Gasteiger partial charge on any atom is 0.410 e. The highest BCUT2D eigenvalue weighted by molar-refractivity contribution is 6.33. The van der Waals surface area contributed by atoms with E-state index < -0.39 is 35.0 Å². The van der Waals surface area contributed by atoms with Crippen molar-refractivity contribution >= 4 is 19.4 Å². The Kier molecular flexibility index (Phi) is 6.23. The third-order valence-corrected chi connectivity index (χ3v) is 5.35. The van der Waals surface area contributed by atoms with Crippen LogP contribution in [0.5, 0.6) is 0 Å². The Hall–Kier alpha value is -2.41. The lowest BCUT2D eigenvalue weighted by molar-refractivity contribution is -0.0485. The molecule has 0 bridgehead atoms. The van der Waals surface area contributed by atoms with Crippen LogP contribution in [-0.4, -0.2) is 42.1 Å². The number of rotatable bonds is 4. The van der Waals surface area contributed by atoms with Crippen LogP contribution < -0.4 is 5.46 Å². The lowest BCUT2D eigenvalue weighted by atomic mass is 9.76. The molecule has 0 aliphatic carbocycles. The summed E-state index contributed by atoms with van der Waals surface area (Å²) < 4.78 is 33.6. The predicted octanol–water partition coefficient (Wildman–Crippen LogP) is 3.59. The van der Waals surface area contributed by atoms with E-state index in [1.807, 2.05) is 0 Å². The Balaban J connectivity index is 2.04. The fourth-order valence-corrected chi connectivity index (χ4v) is 4.02. The Bertz CT molecular complexity index is 893. The molecule has 1 amide bonds. The maximum atomic E-state index is 14.6. The van der Waals surface area contributed by atoms with Crippen molar-refractivity contribution in [3.8, 4) is 0 Å². The highest BCUT2D eigenvalue weighted by Crippen LogP contribution is 2.38. The molecular formula is C23H26BF2NO3. The van der Waals surface area contributed by atoms with Crippen LogP contribution in [0.15, 0.2) is 42.5 Å². The number of ether oxygens (including phenoxy) is 1. The lowest BCUT2D eigenvalue weighted by Gasteiger charge is -2.40. The van der Waals surface area contributed by atoms with Gasteiger partial charge in [-0.05, 0) is 50.8 Å². The fourth-order valence-electron chi connectivity index (χ4n) is 4.02. The van der Waals surface area contributed by atoms with Gasteiger partial charge in [0.15, 0.2) is 0 Å². The average Bonchev–Trinajstić information content (AvgIpc) is 3.14. The van der Waals surface area contributed by atoms with Gasteiger partial charge < -0.3 is 14.7 Å². The molecule has 2 atom stereocenters. The molecule has 2 aromatic carbocycles. The summed E-state index contributed by atoms with van der Waals surface area (Å²) in [5, 5.41) is 11.9. The summed E-state index contributed by atoms with van der Waals surface area (Å²) in [6.45, 7) is 5.73. The normalized spacial score (nSPS) is 18.9. The van der Waals surface area contributed by atoms with Crippen LogP contribution in [-0.2, 0) is 16.8 Å². The number of nitrogens with zero attached hydrogens (tertiary/aromatic N) is 1. The largest absolute Gasteiger partial charge is 0.444 e. The number of likely N-dealkylation sites (tertiary alicyclic amines) is 1. The number of carbonyl (C=O) groups excluding carboxylic acids is 1. The van der Waals surface area contributed by atoms with Crippen molar-refractivity contribution in [2.45, 2.75) is 57.3 Å². The third-order valence-electron chi connectivity index (χ3n) is 5.35. The number of halogens is 2. The Morgan fingerprint density at radius 1 is 1.23 bits per heavy atom. The van der Waals surface area contributed by atoms with Crippen LogP contribution in [0.25, 0.3) is 0 Å². The Morgan fingerprint density at radius 3 is 2.50 bits per heavy atom. The van der Waals surface area contributed by atoms with Crippen LogP contribution in [0.4, 0.5) is 13.6 Å². The van der Waals surface area contributed by atoms with Gasteiger partial charge in [-0.15, -0.1) is 0 Å². The molecule has 0 spiro atoms. The molecule has 1 heterocycles. The van der Waals surface area contributed by atoms with Gasteiger partial charge in [-0.3, -0.25) is 0 Å². The Morgan fingerprint density at radius 2 is 1.90 bits per heavy atom. The summed E-state index contributed by atoms with van der Waals surface area (Å²) in [4.78, 5) is 14.3. The lowest BCUT2D eigenvalue weighted by Crippen LogP contribution is -2.52. The number of amides is 1. The van der Waals surface area contributed by atoms with Crippen molar-refractivity contribution in [1.29, 1.82) is 0 Å². The van der Waals surface area contributed by atoms with Gasteiger partial charge in [0, 0.05) is 19.0 Å². The zero-order chi connectivity index (χ0) is 22.1. The molecule has 4 nitrogen and oxygen atoms in total. The summed E-state index contributed by atoms with van der Waals surface area (Å²) in [7, 11) is 5.89. The van der Waals surface area contributed by atoms with Crippen molar-refractivity contribution in [2.24, 2.45) is 0 Å². The van der Waals surface area contributed by atoms with E-state index in [-0.39, 0.29) is 17.4 Å². The zero-order valence-electron chi connectivity index (χ0n) is 17.5. The van der Waals surface area contributed by atoms with E-state index in [1.54, 1.807) is 51.1 Å². The Labute approximate surface area is 177 Å². The molecule has 1 fully saturated rings. The molecule has 1 aliphatic heterocycles. The second-order valence-corrected chi connectivity index (χ2v) is 8.75. The molecule has 1 N–H and O–H groups in total. The van der Waals surface area contributed by atoms with Crippen molar-refractivity contribution in [1.82, 2.24) is 4.90 Å². The first-order valence-electron chi connectivity index (χ1n) is 10.0. The summed E-state index contributed by atoms with van der Waals surface area (Å²) in [6.07, 6.45) is 0.430. The minimum absolute atomic E-state index is 0.0128. The van der Waals surface area contributed by atoms with Crippen LogP contribution in [0.2, 0.25) is 0 Å². The van der Waals surface area contributed by atoms with Crippen LogP contribution in [0.1, 0.15) is 44.7 Å². The van der Waals surface area contributed by atoms with Crippen molar-refractivity contribution in [3.05, 3.63) is 65.2 Å². The van der Waals surface area contributed by atoms with Gasteiger partial charge in [-0.25, -0.2) is 13.6 Å². The van der Waals surface area contributed by atoms with E-state index in [2.05, 4.69) is 0 Å². The second-order valence-electron chi connectivity index (χ2n) is 8.75. The molecule has 2 aromatic rings. The summed E-state index contributed by atoms with van der Waals surface area (Å²) in [6, 6.07) is 9.90. The molecule has 0 aromatic heterocycles. The molecule has 30 heavy (non-hydrogen) atoms. The molecule has 7 heteroatoms. The van der Waals surface area contributed by atoms with E-state index in [0.29, 0.717) is 24.9 Å². The average molecular weight is 413 g/mol. The first-order chi connectivity index (χ1) is 14.0. The van der Waals surface area contributed by atoms with Gasteiger partial charge in [-0.2, -0.15) is 0 Å². The summed E-state index contributed by atoms with van der Waals surface area (Å²) >= 11 is 0. The van der Waals surface area contributed by atoms with E-state index in [4.69, 9.17) is 12.6 Å². The van der Waals surface area contributed by atoms with Crippen molar-refractivity contribution in [3.63, 3.8) is 0 Å². The number of carbonyl (C=O) groups is 1. The monoisotopic (exact) mass is 413 g/mol. The molecule has 1 saturated heterocycles. The molecular weight excluding hydrogens is 387 g/mol. The number of hydrogen-bond donors (Lipinski definition) is 1. The van der Waals surface area contributed by atoms with Crippen molar-refractivity contribution < 1.29 is 23.4 Å².